The van der Waals surface area contributed by atoms with Gasteiger partial charge in [0, 0.05) is 19.2 Å². The Labute approximate surface area is 102 Å². The number of nitrogens with one attached hydrogen (secondary N) is 1. The molecule has 0 spiro atoms. The molecule has 2 rings (SSSR count). The van der Waals surface area contributed by atoms with Gasteiger partial charge in [0.15, 0.2) is 0 Å². The summed E-state index contributed by atoms with van der Waals surface area (Å²) >= 11 is 0. The van der Waals surface area contributed by atoms with Crippen LogP contribution >= 0.6 is 0 Å². The van der Waals surface area contributed by atoms with Gasteiger partial charge in [0.05, 0.1) is 6.10 Å². The molecule has 1 aliphatic heterocycles. The molecule has 2 atom stereocenters. The highest BCUT2D eigenvalue weighted by atomic mass is 19.1. The predicted molar refractivity (Wildman–Crippen MR) is 66.4 cm³/mol. The van der Waals surface area contributed by atoms with Crippen LogP contribution in [0.3, 0.4) is 0 Å². The quantitative estimate of drug-likeness (QED) is 0.869. The maximum absolute atomic E-state index is 13.0. The van der Waals surface area contributed by atoms with E-state index in [9.17, 15) is 4.39 Å². The third-order valence-corrected chi connectivity index (χ3v) is 3.44. The van der Waals surface area contributed by atoms with Crippen molar-refractivity contribution in [3.8, 4) is 0 Å². The first-order chi connectivity index (χ1) is 8.16. The molecule has 1 aromatic carbocycles. The van der Waals surface area contributed by atoms with Crippen molar-refractivity contribution < 1.29 is 9.13 Å². The van der Waals surface area contributed by atoms with Crippen LogP contribution in [0.25, 0.3) is 0 Å². The van der Waals surface area contributed by atoms with Crippen LogP contribution in [0.1, 0.15) is 30.9 Å². The summed E-state index contributed by atoms with van der Waals surface area (Å²) in [4.78, 5) is 0. The van der Waals surface area contributed by atoms with Crippen molar-refractivity contribution in [3.05, 3.63) is 35.1 Å². The predicted octanol–water partition coefficient (Wildman–Crippen LogP) is 2.79. The first kappa shape index (κ1) is 12.5. The number of hydrogen-bond acceptors (Lipinski definition) is 2. The van der Waals surface area contributed by atoms with E-state index in [2.05, 4.69) is 12.2 Å². The minimum atomic E-state index is -0.168. The highest BCUT2D eigenvalue weighted by molar-refractivity contribution is 5.26. The van der Waals surface area contributed by atoms with Crippen LogP contribution in [0.4, 0.5) is 4.39 Å². The molecule has 0 saturated carbocycles. The lowest BCUT2D eigenvalue weighted by molar-refractivity contribution is 0.0832. The lowest BCUT2D eigenvalue weighted by atomic mass is 10.1. The summed E-state index contributed by atoms with van der Waals surface area (Å²) in [6.45, 7) is 5.74. The highest BCUT2D eigenvalue weighted by Crippen LogP contribution is 2.16. The molecule has 0 radical (unpaired) electrons. The molecule has 0 bridgehead atoms. The molecule has 2 nitrogen and oxygen atoms in total. The maximum Gasteiger partial charge on any atom is 0.123 e. The van der Waals surface area contributed by atoms with Crippen LogP contribution < -0.4 is 5.32 Å². The van der Waals surface area contributed by atoms with E-state index >= 15 is 0 Å². The highest BCUT2D eigenvalue weighted by Gasteiger charge is 2.21. The van der Waals surface area contributed by atoms with Crippen molar-refractivity contribution in [3.63, 3.8) is 0 Å². The molecule has 1 N–H and O–H groups in total. The van der Waals surface area contributed by atoms with E-state index in [0.717, 1.165) is 37.1 Å². The monoisotopic (exact) mass is 237 g/mol. The number of benzene rings is 1. The van der Waals surface area contributed by atoms with Gasteiger partial charge in [-0.1, -0.05) is 6.07 Å². The van der Waals surface area contributed by atoms with E-state index in [1.54, 1.807) is 6.07 Å². The number of aryl methyl sites for hydroxylation is 1. The Balaban J connectivity index is 1.88. The van der Waals surface area contributed by atoms with Crippen molar-refractivity contribution in [2.75, 3.05) is 6.61 Å². The zero-order valence-electron chi connectivity index (χ0n) is 10.5. The second kappa shape index (κ2) is 5.61. The average molecular weight is 237 g/mol. The summed E-state index contributed by atoms with van der Waals surface area (Å²) in [7, 11) is 0. The van der Waals surface area contributed by atoms with Crippen LogP contribution in [0.5, 0.6) is 0 Å². The van der Waals surface area contributed by atoms with E-state index in [4.69, 9.17) is 4.74 Å². The van der Waals surface area contributed by atoms with Gasteiger partial charge in [0.1, 0.15) is 5.82 Å². The largest absolute Gasteiger partial charge is 0.377 e. The van der Waals surface area contributed by atoms with E-state index in [1.807, 2.05) is 13.0 Å². The Kier molecular flexibility index (Phi) is 4.13. The SMILES string of the molecule is Cc1cc(F)ccc1CNC(C)C1CCCO1. The molecule has 17 heavy (non-hydrogen) atoms. The van der Waals surface area contributed by atoms with Crippen molar-refractivity contribution in [2.24, 2.45) is 0 Å². The van der Waals surface area contributed by atoms with Gasteiger partial charge in [-0.2, -0.15) is 0 Å². The van der Waals surface area contributed by atoms with Gasteiger partial charge in [-0.15, -0.1) is 0 Å². The molecule has 1 saturated heterocycles. The van der Waals surface area contributed by atoms with Crippen LogP contribution in [0.2, 0.25) is 0 Å². The molecular weight excluding hydrogens is 217 g/mol. The summed E-state index contributed by atoms with van der Waals surface area (Å²) in [5.41, 5.74) is 2.15. The van der Waals surface area contributed by atoms with Gasteiger partial charge in [-0.25, -0.2) is 4.39 Å². The maximum atomic E-state index is 13.0. The van der Waals surface area contributed by atoms with E-state index < -0.39 is 0 Å². The third kappa shape index (κ3) is 3.27. The molecular formula is C14H20FNO. The minimum Gasteiger partial charge on any atom is -0.377 e. The summed E-state index contributed by atoms with van der Waals surface area (Å²) in [5, 5.41) is 3.45. The number of halogens is 1. The molecule has 1 fully saturated rings. The fourth-order valence-electron chi connectivity index (χ4n) is 2.26. The van der Waals surface area contributed by atoms with Gasteiger partial charge in [0.2, 0.25) is 0 Å². The molecule has 1 heterocycles. The lowest BCUT2D eigenvalue weighted by Gasteiger charge is -2.20. The van der Waals surface area contributed by atoms with Crippen LogP contribution in [0.15, 0.2) is 18.2 Å². The molecule has 0 amide bonds. The van der Waals surface area contributed by atoms with Gasteiger partial charge < -0.3 is 10.1 Å². The number of hydrogen-bond donors (Lipinski definition) is 1. The van der Waals surface area contributed by atoms with Crippen molar-refractivity contribution in [2.45, 2.75) is 45.4 Å². The number of rotatable bonds is 4. The normalized spacial score (nSPS) is 21.7. The zero-order valence-corrected chi connectivity index (χ0v) is 10.5. The third-order valence-electron chi connectivity index (χ3n) is 3.44. The van der Waals surface area contributed by atoms with E-state index in [-0.39, 0.29) is 5.82 Å². The number of ether oxygens (including phenoxy) is 1. The summed E-state index contributed by atoms with van der Waals surface area (Å²) < 4.78 is 18.6. The first-order valence-corrected chi connectivity index (χ1v) is 6.27. The first-order valence-electron chi connectivity index (χ1n) is 6.27. The Morgan fingerprint density at radius 3 is 3.00 bits per heavy atom. The summed E-state index contributed by atoms with van der Waals surface area (Å²) in [6.07, 6.45) is 2.62. The Morgan fingerprint density at radius 2 is 2.35 bits per heavy atom. The fourth-order valence-corrected chi connectivity index (χ4v) is 2.26. The molecule has 94 valence electrons. The van der Waals surface area contributed by atoms with Crippen LogP contribution in [-0.2, 0) is 11.3 Å². The van der Waals surface area contributed by atoms with E-state index in [0.29, 0.717) is 12.1 Å². The Morgan fingerprint density at radius 1 is 1.53 bits per heavy atom. The van der Waals surface area contributed by atoms with Gasteiger partial charge in [-0.3, -0.25) is 0 Å². The fraction of sp³-hybridized carbons (Fsp3) is 0.571. The van der Waals surface area contributed by atoms with Gasteiger partial charge in [0.25, 0.3) is 0 Å². The molecule has 2 unspecified atom stereocenters. The zero-order chi connectivity index (χ0) is 12.3. The van der Waals surface area contributed by atoms with Crippen LogP contribution in [0, 0.1) is 12.7 Å². The van der Waals surface area contributed by atoms with Crippen molar-refractivity contribution in [1.29, 1.82) is 0 Å². The van der Waals surface area contributed by atoms with Crippen molar-refractivity contribution in [1.82, 2.24) is 5.32 Å². The molecule has 0 aliphatic carbocycles. The summed E-state index contributed by atoms with van der Waals surface area (Å²) in [6, 6.07) is 5.29. The summed E-state index contributed by atoms with van der Waals surface area (Å²) in [5.74, 6) is -0.168. The minimum absolute atomic E-state index is 0.168. The van der Waals surface area contributed by atoms with Gasteiger partial charge >= 0.3 is 0 Å². The van der Waals surface area contributed by atoms with Gasteiger partial charge in [-0.05, 0) is 49.9 Å². The lowest BCUT2D eigenvalue weighted by Crippen LogP contribution is -2.36. The Hall–Kier alpha value is -0.930. The molecule has 0 aromatic heterocycles. The molecule has 1 aromatic rings. The molecule has 3 heteroatoms. The topological polar surface area (TPSA) is 21.3 Å². The standard InChI is InChI=1S/C14H20FNO/c1-10-8-13(15)6-5-12(10)9-16-11(2)14-4-3-7-17-14/h5-6,8,11,14,16H,3-4,7,9H2,1-2H3. The smallest absolute Gasteiger partial charge is 0.123 e. The van der Waals surface area contributed by atoms with Crippen LogP contribution in [-0.4, -0.2) is 18.8 Å². The molecule has 1 aliphatic rings. The van der Waals surface area contributed by atoms with E-state index in [1.165, 1.54) is 6.07 Å². The average Bonchev–Trinajstić information content (AvgIpc) is 2.81. The second-order valence-electron chi connectivity index (χ2n) is 4.79. The Bertz CT molecular complexity index is 374. The second-order valence-corrected chi connectivity index (χ2v) is 4.79. The van der Waals surface area contributed by atoms with Crippen molar-refractivity contribution >= 4 is 0 Å².